The SMILES string of the molecule is NCc1cc(N)c(F)c([N+](=O)[O-])c1. The summed E-state index contributed by atoms with van der Waals surface area (Å²) in [6.07, 6.45) is 0. The van der Waals surface area contributed by atoms with Gasteiger partial charge >= 0.3 is 5.69 Å². The Bertz CT molecular complexity index is 354. The summed E-state index contributed by atoms with van der Waals surface area (Å²) < 4.78 is 13.0. The third kappa shape index (κ3) is 1.73. The smallest absolute Gasteiger partial charge is 0.307 e. The van der Waals surface area contributed by atoms with Gasteiger partial charge in [-0.1, -0.05) is 0 Å². The Hall–Kier alpha value is -1.69. The van der Waals surface area contributed by atoms with Crippen LogP contribution in [0.3, 0.4) is 0 Å². The number of halogens is 1. The van der Waals surface area contributed by atoms with Crippen molar-refractivity contribution in [3.05, 3.63) is 33.6 Å². The molecule has 6 heteroatoms. The van der Waals surface area contributed by atoms with E-state index in [0.29, 0.717) is 5.56 Å². The van der Waals surface area contributed by atoms with Crippen molar-refractivity contribution in [3.63, 3.8) is 0 Å². The molecule has 13 heavy (non-hydrogen) atoms. The number of nitro benzene ring substituents is 1. The lowest BCUT2D eigenvalue weighted by Gasteiger charge is -2.01. The van der Waals surface area contributed by atoms with E-state index in [1.54, 1.807) is 0 Å². The normalized spacial score (nSPS) is 10.0. The number of benzene rings is 1. The van der Waals surface area contributed by atoms with Crippen molar-refractivity contribution >= 4 is 11.4 Å². The highest BCUT2D eigenvalue weighted by molar-refractivity contribution is 5.52. The summed E-state index contributed by atoms with van der Waals surface area (Å²) >= 11 is 0. The maximum atomic E-state index is 13.0. The van der Waals surface area contributed by atoms with Crippen molar-refractivity contribution < 1.29 is 9.31 Å². The predicted molar refractivity (Wildman–Crippen MR) is 45.4 cm³/mol. The molecule has 0 aliphatic carbocycles. The Balaban J connectivity index is 3.33. The maximum Gasteiger partial charge on any atom is 0.307 e. The Morgan fingerprint density at radius 2 is 2.15 bits per heavy atom. The molecule has 0 aromatic heterocycles. The first kappa shape index (κ1) is 9.40. The van der Waals surface area contributed by atoms with Crippen LogP contribution in [0, 0.1) is 15.9 Å². The van der Waals surface area contributed by atoms with E-state index in [2.05, 4.69) is 0 Å². The molecule has 0 fully saturated rings. The fourth-order valence-corrected chi connectivity index (χ4v) is 0.942. The Morgan fingerprint density at radius 3 is 2.62 bits per heavy atom. The fourth-order valence-electron chi connectivity index (χ4n) is 0.942. The molecule has 0 saturated heterocycles. The molecule has 5 nitrogen and oxygen atoms in total. The van der Waals surface area contributed by atoms with Crippen molar-refractivity contribution in [2.75, 3.05) is 5.73 Å². The van der Waals surface area contributed by atoms with Crippen molar-refractivity contribution in [1.82, 2.24) is 0 Å². The van der Waals surface area contributed by atoms with Gasteiger partial charge in [-0.15, -0.1) is 0 Å². The number of hydrogen-bond donors (Lipinski definition) is 2. The molecule has 4 N–H and O–H groups in total. The van der Waals surface area contributed by atoms with Gasteiger partial charge in [0.2, 0.25) is 5.82 Å². The van der Waals surface area contributed by atoms with Crippen molar-refractivity contribution in [1.29, 1.82) is 0 Å². The molecule has 0 bridgehead atoms. The third-order valence-electron chi connectivity index (χ3n) is 1.57. The lowest BCUT2D eigenvalue weighted by molar-refractivity contribution is -0.387. The van der Waals surface area contributed by atoms with Crippen molar-refractivity contribution in [2.45, 2.75) is 6.54 Å². The van der Waals surface area contributed by atoms with Gasteiger partial charge in [0.1, 0.15) is 0 Å². The van der Waals surface area contributed by atoms with Gasteiger partial charge in [0.05, 0.1) is 10.6 Å². The molecular formula is C7H8FN3O2. The lowest BCUT2D eigenvalue weighted by Crippen LogP contribution is -2.03. The summed E-state index contributed by atoms with van der Waals surface area (Å²) in [6, 6.07) is 2.36. The first-order valence-corrected chi connectivity index (χ1v) is 3.48. The Labute approximate surface area is 73.3 Å². The van der Waals surface area contributed by atoms with Gasteiger partial charge in [-0.3, -0.25) is 10.1 Å². The first-order chi connectivity index (χ1) is 6.06. The van der Waals surface area contributed by atoms with E-state index in [9.17, 15) is 14.5 Å². The Morgan fingerprint density at radius 1 is 1.54 bits per heavy atom. The van der Waals surface area contributed by atoms with E-state index in [4.69, 9.17) is 11.5 Å². The van der Waals surface area contributed by atoms with Gasteiger partial charge in [-0.05, 0) is 11.6 Å². The minimum absolute atomic E-state index is 0.0886. The standard InChI is InChI=1S/C7H8FN3O2/c8-7-5(10)1-4(3-9)2-6(7)11(12)13/h1-2H,3,9-10H2. The number of nitro groups is 1. The van der Waals surface area contributed by atoms with Crippen LogP contribution in [-0.4, -0.2) is 4.92 Å². The van der Waals surface area contributed by atoms with Crippen LogP contribution in [0.25, 0.3) is 0 Å². The number of nitrogen functional groups attached to an aromatic ring is 1. The number of hydrogen-bond acceptors (Lipinski definition) is 4. The number of rotatable bonds is 2. The minimum Gasteiger partial charge on any atom is -0.396 e. The van der Waals surface area contributed by atoms with Crippen LogP contribution in [0.2, 0.25) is 0 Å². The lowest BCUT2D eigenvalue weighted by atomic mass is 10.1. The van der Waals surface area contributed by atoms with Crippen LogP contribution in [-0.2, 0) is 6.54 Å². The van der Waals surface area contributed by atoms with Crippen LogP contribution in [0.15, 0.2) is 12.1 Å². The Kier molecular flexibility index (Phi) is 2.43. The molecule has 1 rings (SSSR count). The fraction of sp³-hybridized carbons (Fsp3) is 0.143. The van der Waals surface area contributed by atoms with E-state index in [1.807, 2.05) is 0 Å². The van der Waals surface area contributed by atoms with Gasteiger partial charge in [-0.25, -0.2) is 0 Å². The molecule has 0 unspecified atom stereocenters. The van der Waals surface area contributed by atoms with Crippen LogP contribution >= 0.6 is 0 Å². The van der Waals surface area contributed by atoms with E-state index >= 15 is 0 Å². The average Bonchev–Trinajstić information content (AvgIpc) is 2.09. The second kappa shape index (κ2) is 3.36. The molecule has 1 aromatic carbocycles. The van der Waals surface area contributed by atoms with Gasteiger partial charge < -0.3 is 11.5 Å². The molecule has 0 atom stereocenters. The van der Waals surface area contributed by atoms with Gasteiger partial charge in [0.25, 0.3) is 0 Å². The third-order valence-corrected chi connectivity index (χ3v) is 1.57. The minimum atomic E-state index is -1.01. The van der Waals surface area contributed by atoms with Gasteiger partial charge in [0, 0.05) is 12.6 Å². The van der Waals surface area contributed by atoms with E-state index in [-0.39, 0.29) is 12.2 Å². The van der Waals surface area contributed by atoms with Crippen LogP contribution in [0.5, 0.6) is 0 Å². The summed E-state index contributed by atoms with van der Waals surface area (Å²) in [5, 5.41) is 10.3. The topological polar surface area (TPSA) is 95.2 Å². The maximum absolute atomic E-state index is 13.0. The highest BCUT2D eigenvalue weighted by Crippen LogP contribution is 2.24. The molecule has 1 aromatic rings. The van der Waals surface area contributed by atoms with Crippen LogP contribution in [0.4, 0.5) is 15.8 Å². The summed E-state index contributed by atoms with van der Waals surface area (Å²) in [6.45, 7) is 0.0886. The molecule has 0 amide bonds. The van der Waals surface area contributed by atoms with E-state index < -0.39 is 16.4 Å². The van der Waals surface area contributed by atoms with Gasteiger partial charge in [0.15, 0.2) is 0 Å². The number of anilines is 1. The molecule has 0 saturated carbocycles. The molecular weight excluding hydrogens is 177 g/mol. The predicted octanol–water partition coefficient (Wildman–Crippen LogP) is 0.775. The summed E-state index contributed by atoms with van der Waals surface area (Å²) in [4.78, 5) is 9.48. The summed E-state index contributed by atoms with van der Waals surface area (Å²) in [7, 11) is 0. The van der Waals surface area contributed by atoms with E-state index in [1.165, 1.54) is 6.07 Å². The molecule has 0 aliphatic heterocycles. The zero-order valence-electron chi connectivity index (χ0n) is 6.66. The molecule has 0 spiro atoms. The zero-order valence-corrected chi connectivity index (χ0v) is 6.66. The number of nitrogens with two attached hydrogens (primary N) is 2. The number of nitrogens with zero attached hydrogens (tertiary/aromatic N) is 1. The summed E-state index contributed by atoms with van der Waals surface area (Å²) in [5.41, 5.74) is 9.98. The molecule has 0 radical (unpaired) electrons. The highest BCUT2D eigenvalue weighted by atomic mass is 19.1. The first-order valence-electron chi connectivity index (χ1n) is 3.48. The molecule has 70 valence electrons. The van der Waals surface area contributed by atoms with Crippen molar-refractivity contribution in [2.24, 2.45) is 5.73 Å². The molecule has 0 heterocycles. The molecule has 0 aliphatic rings. The zero-order chi connectivity index (χ0) is 10.0. The van der Waals surface area contributed by atoms with E-state index in [0.717, 1.165) is 6.07 Å². The summed E-state index contributed by atoms with van der Waals surface area (Å²) in [5.74, 6) is -1.01. The van der Waals surface area contributed by atoms with Crippen LogP contribution in [0.1, 0.15) is 5.56 Å². The van der Waals surface area contributed by atoms with Gasteiger partial charge in [-0.2, -0.15) is 4.39 Å². The van der Waals surface area contributed by atoms with Crippen molar-refractivity contribution in [3.8, 4) is 0 Å². The highest BCUT2D eigenvalue weighted by Gasteiger charge is 2.17. The van der Waals surface area contributed by atoms with Crippen LogP contribution < -0.4 is 11.5 Å². The average molecular weight is 185 g/mol. The second-order valence-corrected chi connectivity index (χ2v) is 2.48. The second-order valence-electron chi connectivity index (χ2n) is 2.48. The monoisotopic (exact) mass is 185 g/mol. The largest absolute Gasteiger partial charge is 0.396 e. The quantitative estimate of drug-likeness (QED) is 0.404.